The Morgan fingerprint density at radius 1 is 0.783 bits per heavy atom. The highest BCUT2D eigenvalue weighted by atomic mass is 16.7. The predicted octanol–water partition coefficient (Wildman–Crippen LogP) is -3.05. The summed E-state index contributed by atoms with van der Waals surface area (Å²) in [6, 6.07) is 0. The molecule has 0 unspecified atom stereocenters. The van der Waals surface area contributed by atoms with Crippen molar-refractivity contribution in [3.8, 4) is 0 Å². The van der Waals surface area contributed by atoms with Crippen molar-refractivity contribution in [1.29, 1.82) is 0 Å². The van der Waals surface area contributed by atoms with Gasteiger partial charge in [-0.1, -0.05) is 6.92 Å². The minimum absolute atomic E-state index is 0.0576. The molecule has 0 bridgehead atoms. The van der Waals surface area contributed by atoms with Crippen LogP contribution in [-0.2, 0) is 14.2 Å². The molecule has 0 amide bonds. The maximum atomic E-state index is 9.96. The molecule has 2 fully saturated rings. The Labute approximate surface area is 134 Å². The first-order chi connectivity index (χ1) is 10.8. The van der Waals surface area contributed by atoms with E-state index in [2.05, 4.69) is 0 Å². The molecule has 2 aliphatic heterocycles. The van der Waals surface area contributed by atoms with E-state index in [1.807, 2.05) is 0 Å². The summed E-state index contributed by atoms with van der Waals surface area (Å²) in [5.41, 5.74) is 0. The fourth-order valence-electron chi connectivity index (χ4n) is 2.87. The molecule has 2 rings (SSSR count). The van der Waals surface area contributed by atoms with Gasteiger partial charge in [-0.2, -0.15) is 0 Å². The zero-order chi connectivity index (χ0) is 17.3. The van der Waals surface area contributed by atoms with E-state index in [-0.39, 0.29) is 6.61 Å². The first-order valence-electron chi connectivity index (χ1n) is 7.71. The Balaban J connectivity index is 1.94. The lowest BCUT2D eigenvalue weighted by Crippen LogP contribution is -2.60. The lowest BCUT2D eigenvalue weighted by molar-refractivity contribution is -0.311. The van der Waals surface area contributed by atoms with Gasteiger partial charge < -0.3 is 44.8 Å². The van der Waals surface area contributed by atoms with E-state index in [1.165, 1.54) is 0 Å². The third-order valence-corrected chi connectivity index (χ3v) is 4.62. The van der Waals surface area contributed by atoms with E-state index in [1.54, 1.807) is 13.8 Å². The van der Waals surface area contributed by atoms with Crippen LogP contribution >= 0.6 is 0 Å². The fourth-order valence-corrected chi connectivity index (χ4v) is 2.87. The molecule has 0 aromatic rings. The molecule has 0 saturated carbocycles. The van der Waals surface area contributed by atoms with Gasteiger partial charge in [-0.3, -0.25) is 0 Å². The Kier molecular flexibility index (Phi) is 6.34. The highest BCUT2D eigenvalue weighted by Crippen LogP contribution is 2.28. The van der Waals surface area contributed by atoms with E-state index in [0.717, 1.165) is 0 Å². The third kappa shape index (κ3) is 3.84. The Morgan fingerprint density at radius 3 is 2.04 bits per heavy atom. The molecular weight excluding hydrogens is 312 g/mol. The van der Waals surface area contributed by atoms with Gasteiger partial charge in [0.05, 0.1) is 31.5 Å². The average Bonchev–Trinajstić information content (AvgIpc) is 2.54. The Hall–Kier alpha value is -0.360. The van der Waals surface area contributed by atoms with Crippen LogP contribution in [0.25, 0.3) is 0 Å². The predicted molar refractivity (Wildman–Crippen MR) is 75.2 cm³/mol. The van der Waals surface area contributed by atoms with Crippen molar-refractivity contribution in [3.63, 3.8) is 0 Å². The van der Waals surface area contributed by atoms with Crippen molar-refractivity contribution >= 4 is 0 Å². The molecule has 9 heteroatoms. The van der Waals surface area contributed by atoms with Crippen molar-refractivity contribution in [2.45, 2.75) is 69.0 Å². The van der Waals surface area contributed by atoms with Crippen molar-refractivity contribution in [2.24, 2.45) is 5.92 Å². The van der Waals surface area contributed by atoms with Crippen molar-refractivity contribution in [2.75, 3.05) is 13.2 Å². The molecule has 0 aromatic carbocycles. The van der Waals surface area contributed by atoms with E-state index in [9.17, 15) is 25.5 Å². The van der Waals surface area contributed by atoms with Crippen LogP contribution in [0.3, 0.4) is 0 Å². The van der Waals surface area contributed by atoms with Gasteiger partial charge in [0.15, 0.2) is 6.29 Å². The van der Waals surface area contributed by atoms with Crippen LogP contribution in [0.15, 0.2) is 0 Å². The van der Waals surface area contributed by atoms with Crippen molar-refractivity contribution in [1.82, 2.24) is 0 Å². The fraction of sp³-hybridized carbons (Fsp3) is 1.00. The third-order valence-electron chi connectivity index (χ3n) is 4.62. The summed E-state index contributed by atoms with van der Waals surface area (Å²) in [5.74, 6) is -0.411. The second kappa shape index (κ2) is 7.68. The van der Waals surface area contributed by atoms with E-state index in [0.29, 0.717) is 0 Å². The number of aliphatic hydroxyl groups is 6. The molecule has 0 radical (unpaired) electrons. The molecule has 10 atom stereocenters. The maximum absolute atomic E-state index is 9.96. The van der Waals surface area contributed by atoms with E-state index < -0.39 is 67.6 Å². The molecule has 0 aromatic heterocycles. The number of aliphatic hydroxyl groups excluding tert-OH is 6. The summed E-state index contributed by atoms with van der Waals surface area (Å²) in [6.45, 7) is 2.72. The summed E-state index contributed by atoms with van der Waals surface area (Å²) in [5, 5.41) is 58.1. The van der Waals surface area contributed by atoms with Crippen LogP contribution in [0.1, 0.15) is 13.8 Å². The maximum Gasteiger partial charge on any atom is 0.186 e. The highest BCUT2D eigenvalue weighted by molar-refractivity contribution is 4.91. The number of hydrogen-bond donors (Lipinski definition) is 6. The van der Waals surface area contributed by atoms with Gasteiger partial charge in [0.1, 0.15) is 30.5 Å². The number of hydrogen-bond acceptors (Lipinski definition) is 9. The zero-order valence-electron chi connectivity index (χ0n) is 13.1. The highest BCUT2D eigenvalue weighted by Gasteiger charge is 2.45. The molecule has 136 valence electrons. The Bertz CT molecular complexity index is 379. The van der Waals surface area contributed by atoms with Gasteiger partial charge in [-0.25, -0.2) is 0 Å². The lowest BCUT2D eigenvalue weighted by Gasteiger charge is -2.43. The van der Waals surface area contributed by atoms with Gasteiger partial charge >= 0.3 is 0 Å². The van der Waals surface area contributed by atoms with Gasteiger partial charge in [-0.05, 0) is 6.92 Å². The lowest BCUT2D eigenvalue weighted by atomic mass is 9.89. The standard InChI is InChI=1S/C14H26O9/c1-5-8(22-6(2)10(17)9(5)16)4-21-14-13(20)12(19)11(18)7(3-15)23-14/h5-20H,3-4H2,1-2H3/t5-,6-,7-,8-,9+,10-,11-,12+,13+,14+/m1/s1. The molecule has 2 saturated heterocycles. The SMILES string of the molecule is C[C@H]1[C@H](O)[C@H](O)[C@@H](C)O[C@@H]1CO[C@H]1O[C@H](CO)[C@@H](O)[C@H](O)[C@@H]1O. The minimum Gasteiger partial charge on any atom is -0.394 e. The summed E-state index contributed by atoms with van der Waals surface area (Å²) < 4.78 is 16.2. The topological polar surface area (TPSA) is 149 Å². The van der Waals surface area contributed by atoms with Gasteiger partial charge in [0, 0.05) is 5.92 Å². The summed E-state index contributed by atoms with van der Waals surface area (Å²) in [4.78, 5) is 0. The molecule has 0 aliphatic carbocycles. The van der Waals surface area contributed by atoms with Crippen LogP contribution < -0.4 is 0 Å². The average molecular weight is 338 g/mol. The van der Waals surface area contributed by atoms with Crippen molar-refractivity contribution < 1.29 is 44.8 Å². The van der Waals surface area contributed by atoms with Crippen LogP contribution in [0, 0.1) is 5.92 Å². The summed E-state index contributed by atoms with van der Waals surface area (Å²) >= 11 is 0. The molecule has 2 heterocycles. The summed E-state index contributed by atoms with van der Waals surface area (Å²) in [7, 11) is 0. The number of ether oxygens (including phenoxy) is 3. The quantitative estimate of drug-likeness (QED) is 0.314. The monoisotopic (exact) mass is 338 g/mol. The number of rotatable bonds is 4. The molecule has 9 nitrogen and oxygen atoms in total. The first kappa shape index (κ1) is 19.0. The van der Waals surface area contributed by atoms with E-state index in [4.69, 9.17) is 19.3 Å². The van der Waals surface area contributed by atoms with Crippen molar-refractivity contribution in [3.05, 3.63) is 0 Å². The minimum atomic E-state index is -1.51. The Morgan fingerprint density at radius 2 is 1.43 bits per heavy atom. The largest absolute Gasteiger partial charge is 0.394 e. The zero-order valence-corrected chi connectivity index (χ0v) is 13.1. The van der Waals surface area contributed by atoms with Gasteiger partial charge in [0.2, 0.25) is 0 Å². The molecule has 23 heavy (non-hydrogen) atoms. The summed E-state index contributed by atoms with van der Waals surface area (Å²) in [6.07, 6.45) is -9.83. The van der Waals surface area contributed by atoms with Crippen LogP contribution in [0.5, 0.6) is 0 Å². The first-order valence-corrected chi connectivity index (χ1v) is 7.71. The normalized spacial score (nSPS) is 51.7. The molecule has 2 aliphatic rings. The second-order valence-corrected chi connectivity index (χ2v) is 6.25. The van der Waals surface area contributed by atoms with Crippen LogP contribution in [0.2, 0.25) is 0 Å². The van der Waals surface area contributed by atoms with E-state index >= 15 is 0 Å². The van der Waals surface area contributed by atoms with Crippen LogP contribution in [0.4, 0.5) is 0 Å². The molecule has 6 N–H and O–H groups in total. The molecular formula is C14H26O9. The smallest absolute Gasteiger partial charge is 0.186 e. The second-order valence-electron chi connectivity index (χ2n) is 6.25. The molecule has 0 spiro atoms. The van der Waals surface area contributed by atoms with Gasteiger partial charge in [-0.15, -0.1) is 0 Å². The van der Waals surface area contributed by atoms with Gasteiger partial charge in [0.25, 0.3) is 0 Å². The van der Waals surface area contributed by atoms with Crippen LogP contribution in [-0.4, -0.2) is 99.0 Å².